The van der Waals surface area contributed by atoms with Crippen LogP contribution >= 0.6 is 0 Å². The summed E-state index contributed by atoms with van der Waals surface area (Å²) >= 11 is 0. The van der Waals surface area contributed by atoms with Gasteiger partial charge in [-0.15, -0.1) is 0 Å². The summed E-state index contributed by atoms with van der Waals surface area (Å²) in [6, 6.07) is 14.4. The van der Waals surface area contributed by atoms with E-state index in [1.54, 1.807) is 12.1 Å². The Kier molecular flexibility index (Phi) is 3.91. The molecule has 0 aliphatic rings. The highest BCUT2D eigenvalue weighted by molar-refractivity contribution is 5.92. The summed E-state index contributed by atoms with van der Waals surface area (Å²) < 4.78 is 0. The minimum Gasteiger partial charge on any atom is -0.350 e. The summed E-state index contributed by atoms with van der Waals surface area (Å²) in [6.07, 6.45) is 0.768. The first-order chi connectivity index (χ1) is 8.75. The van der Waals surface area contributed by atoms with Crippen molar-refractivity contribution < 1.29 is 4.79 Å². The normalized spacial score (nSPS) is 10.0. The van der Waals surface area contributed by atoms with E-state index in [-0.39, 0.29) is 17.2 Å². The average molecular weight is 242 g/mol. The Bertz CT molecular complexity index is 576. The zero-order valence-corrected chi connectivity index (χ0v) is 9.85. The summed E-state index contributed by atoms with van der Waals surface area (Å²) in [5.41, 5.74) is 1.18. The highest BCUT2D eigenvalue weighted by atomic mass is 16.2. The Morgan fingerprint density at radius 3 is 2.56 bits per heavy atom. The van der Waals surface area contributed by atoms with E-state index in [0.29, 0.717) is 6.54 Å². The quantitative estimate of drug-likeness (QED) is 0.850. The number of H-pyrrole nitrogens is 1. The van der Waals surface area contributed by atoms with Gasteiger partial charge < -0.3 is 10.3 Å². The van der Waals surface area contributed by atoms with Crippen LogP contribution in [0.1, 0.15) is 16.1 Å². The van der Waals surface area contributed by atoms with Crippen LogP contribution in [-0.4, -0.2) is 17.4 Å². The lowest BCUT2D eigenvalue weighted by molar-refractivity contribution is 0.0949. The van der Waals surface area contributed by atoms with E-state index in [1.165, 1.54) is 11.6 Å². The zero-order valence-electron chi connectivity index (χ0n) is 9.85. The maximum absolute atomic E-state index is 11.7. The van der Waals surface area contributed by atoms with E-state index in [0.717, 1.165) is 6.42 Å². The number of rotatable bonds is 4. The van der Waals surface area contributed by atoms with Crippen LogP contribution in [-0.2, 0) is 6.42 Å². The molecule has 1 aromatic heterocycles. The molecule has 0 spiro atoms. The molecule has 1 aromatic carbocycles. The third kappa shape index (κ3) is 3.31. The minimum atomic E-state index is -0.272. The van der Waals surface area contributed by atoms with Crippen molar-refractivity contribution in [3.05, 3.63) is 70.1 Å². The molecule has 1 amide bonds. The highest BCUT2D eigenvalue weighted by Crippen LogP contribution is 1.98. The zero-order chi connectivity index (χ0) is 12.8. The first-order valence-corrected chi connectivity index (χ1v) is 5.77. The standard InChI is InChI=1S/C14H14N2O2/c17-13-8-4-7-12(16-13)14(18)15-10-9-11-5-2-1-3-6-11/h1-8H,9-10H2,(H,15,18)(H,16,17). The molecule has 4 heteroatoms. The number of pyridine rings is 1. The van der Waals surface area contributed by atoms with Gasteiger partial charge in [-0.05, 0) is 18.1 Å². The van der Waals surface area contributed by atoms with Gasteiger partial charge in [0.15, 0.2) is 0 Å². The third-order valence-electron chi connectivity index (χ3n) is 2.56. The van der Waals surface area contributed by atoms with Crippen LogP contribution < -0.4 is 10.9 Å². The summed E-state index contributed by atoms with van der Waals surface area (Å²) in [4.78, 5) is 25.2. The Balaban J connectivity index is 1.87. The first kappa shape index (κ1) is 12.1. The van der Waals surface area contributed by atoms with Crippen LogP contribution in [0.25, 0.3) is 0 Å². The molecule has 0 radical (unpaired) electrons. The molecule has 0 aliphatic carbocycles. The second-order valence-corrected chi connectivity index (χ2v) is 3.92. The van der Waals surface area contributed by atoms with Crippen LogP contribution in [0.3, 0.4) is 0 Å². The number of benzene rings is 1. The Morgan fingerprint density at radius 1 is 1.06 bits per heavy atom. The number of aromatic nitrogens is 1. The molecule has 0 fully saturated rings. The fraction of sp³-hybridized carbons (Fsp3) is 0.143. The summed E-state index contributed by atoms with van der Waals surface area (Å²) in [5.74, 6) is -0.261. The van der Waals surface area contributed by atoms with Gasteiger partial charge in [0.2, 0.25) is 5.56 Å². The lowest BCUT2D eigenvalue weighted by atomic mass is 10.1. The first-order valence-electron chi connectivity index (χ1n) is 5.77. The molecule has 92 valence electrons. The van der Waals surface area contributed by atoms with E-state index in [9.17, 15) is 9.59 Å². The minimum absolute atomic E-state index is 0.261. The molecule has 1 heterocycles. The van der Waals surface area contributed by atoms with Gasteiger partial charge in [-0.2, -0.15) is 0 Å². The number of hydrogen-bond acceptors (Lipinski definition) is 2. The second kappa shape index (κ2) is 5.82. The van der Waals surface area contributed by atoms with Crippen molar-refractivity contribution in [1.29, 1.82) is 0 Å². The molecule has 18 heavy (non-hydrogen) atoms. The highest BCUT2D eigenvalue weighted by Gasteiger charge is 2.04. The van der Waals surface area contributed by atoms with Gasteiger partial charge in [0, 0.05) is 12.6 Å². The maximum Gasteiger partial charge on any atom is 0.267 e. The third-order valence-corrected chi connectivity index (χ3v) is 2.56. The van der Waals surface area contributed by atoms with Crippen molar-refractivity contribution in [2.75, 3.05) is 6.54 Å². The van der Waals surface area contributed by atoms with E-state index < -0.39 is 0 Å². The van der Waals surface area contributed by atoms with Crippen LogP contribution in [0.4, 0.5) is 0 Å². The van der Waals surface area contributed by atoms with Crippen molar-refractivity contribution >= 4 is 5.91 Å². The fourth-order valence-corrected chi connectivity index (χ4v) is 1.64. The Morgan fingerprint density at radius 2 is 1.83 bits per heavy atom. The van der Waals surface area contributed by atoms with Gasteiger partial charge in [-0.1, -0.05) is 36.4 Å². The van der Waals surface area contributed by atoms with Crippen LogP contribution in [0.15, 0.2) is 53.3 Å². The summed E-state index contributed by atoms with van der Waals surface area (Å²) in [7, 11) is 0. The molecule has 2 N–H and O–H groups in total. The molecule has 0 saturated heterocycles. The molecule has 0 bridgehead atoms. The smallest absolute Gasteiger partial charge is 0.267 e. The van der Waals surface area contributed by atoms with Crippen molar-refractivity contribution in [3.63, 3.8) is 0 Å². The number of aromatic amines is 1. The molecular formula is C14H14N2O2. The van der Waals surface area contributed by atoms with Gasteiger partial charge in [-0.25, -0.2) is 0 Å². The van der Waals surface area contributed by atoms with Gasteiger partial charge in [0.1, 0.15) is 5.69 Å². The van der Waals surface area contributed by atoms with Crippen LogP contribution in [0.2, 0.25) is 0 Å². The summed E-state index contributed by atoms with van der Waals surface area (Å²) in [5, 5.41) is 2.77. The van der Waals surface area contributed by atoms with E-state index in [4.69, 9.17) is 0 Å². The van der Waals surface area contributed by atoms with Crippen LogP contribution in [0, 0.1) is 0 Å². The largest absolute Gasteiger partial charge is 0.350 e. The predicted octanol–water partition coefficient (Wildman–Crippen LogP) is 1.35. The number of amides is 1. The monoisotopic (exact) mass is 242 g/mol. The van der Waals surface area contributed by atoms with Gasteiger partial charge in [-0.3, -0.25) is 9.59 Å². The lowest BCUT2D eigenvalue weighted by Gasteiger charge is -2.04. The van der Waals surface area contributed by atoms with Crippen molar-refractivity contribution in [3.8, 4) is 0 Å². The predicted molar refractivity (Wildman–Crippen MR) is 69.5 cm³/mol. The second-order valence-electron chi connectivity index (χ2n) is 3.92. The maximum atomic E-state index is 11.7. The molecule has 2 rings (SSSR count). The molecule has 2 aromatic rings. The number of hydrogen-bond donors (Lipinski definition) is 2. The van der Waals surface area contributed by atoms with Crippen molar-refractivity contribution in [2.24, 2.45) is 0 Å². The number of carbonyl (C=O) groups is 1. The van der Waals surface area contributed by atoms with Gasteiger partial charge in [0.05, 0.1) is 0 Å². The molecular weight excluding hydrogens is 228 g/mol. The molecule has 0 atom stereocenters. The Hall–Kier alpha value is -2.36. The molecule has 0 unspecified atom stereocenters. The SMILES string of the molecule is O=C(NCCc1ccccc1)c1cccc(=O)[nH]1. The number of carbonyl (C=O) groups excluding carboxylic acids is 1. The van der Waals surface area contributed by atoms with Crippen molar-refractivity contribution in [2.45, 2.75) is 6.42 Å². The Labute approximate surface area is 105 Å². The lowest BCUT2D eigenvalue weighted by Crippen LogP contribution is -2.28. The number of nitrogens with one attached hydrogen (secondary N) is 2. The topological polar surface area (TPSA) is 62.0 Å². The van der Waals surface area contributed by atoms with E-state index >= 15 is 0 Å². The van der Waals surface area contributed by atoms with E-state index in [1.807, 2.05) is 30.3 Å². The van der Waals surface area contributed by atoms with Gasteiger partial charge >= 0.3 is 0 Å². The van der Waals surface area contributed by atoms with E-state index in [2.05, 4.69) is 10.3 Å². The van der Waals surface area contributed by atoms with Gasteiger partial charge in [0.25, 0.3) is 5.91 Å². The summed E-state index contributed by atoms with van der Waals surface area (Å²) in [6.45, 7) is 0.541. The van der Waals surface area contributed by atoms with Crippen LogP contribution in [0.5, 0.6) is 0 Å². The van der Waals surface area contributed by atoms with Crippen molar-refractivity contribution in [1.82, 2.24) is 10.3 Å². The fourth-order valence-electron chi connectivity index (χ4n) is 1.64. The molecule has 0 aliphatic heterocycles. The average Bonchev–Trinajstić information content (AvgIpc) is 2.40. The molecule has 4 nitrogen and oxygen atoms in total. The molecule has 0 saturated carbocycles.